The number of hydrogen-bond acceptors (Lipinski definition) is 5. The summed E-state index contributed by atoms with van der Waals surface area (Å²) in [6.45, 7) is 1.81. The van der Waals surface area contributed by atoms with Crippen molar-refractivity contribution in [1.29, 1.82) is 0 Å². The number of carbonyl (C=O) groups excluding carboxylic acids is 2. The molecular formula is C18H22O5. The standard InChI is InChI=1S/C18H22O5/c1-12-7-5-3-2-4-6-8-14(19)9-13-10-15(20)11-16(21)17(13)18(22)23-12/h6,8,10-12,20-21H,2-5,7,9H2,1H3/b8-6-/t12-/m0/s1. The van der Waals surface area contributed by atoms with Crippen molar-refractivity contribution in [2.45, 2.75) is 51.6 Å². The molecule has 0 spiro atoms. The normalized spacial score (nSPS) is 21.9. The van der Waals surface area contributed by atoms with Crippen LogP contribution in [0.25, 0.3) is 0 Å². The van der Waals surface area contributed by atoms with Gasteiger partial charge in [0.2, 0.25) is 0 Å². The Hall–Kier alpha value is -2.30. The van der Waals surface area contributed by atoms with Gasteiger partial charge in [0.1, 0.15) is 17.1 Å². The Balaban J connectivity index is 2.36. The zero-order valence-electron chi connectivity index (χ0n) is 13.2. The van der Waals surface area contributed by atoms with Crippen molar-refractivity contribution in [3.8, 4) is 11.5 Å². The summed E-state index contributed by atoms with van der Waals surface area (Å²) < 4.78 is 5.37. The highest BCUT2D eigenvalue weighted by molar-refractivity contribution is 5.98. The van der Waals surface area contributed by atoms with Gasteiger partial charge in [-0.05, 0) is 50.3 Å². The molecule has 5 heteroatoms. The van der Waals surface area contributed by atoms with Crippen LogP contribution in [0.4, 0.5) is 0 Å². The lowest BCUT2D eigenvalue weighted by Crippen LogP contribution is -2.17. The summed E-state index contributed by atoms with van der Waals surface area (Å²) in [4.78, 5) is 24.3. The number of phenols is 2. The number of esters is 1. The topological polar surface area (TPSA) is 83.8 Å². The van der Waals surface area contributed by atoms with E-state index in [1.165, 1.54) is 12.1 Å². The average molecular weight is 318 g/mol. The molecule has 1 aliphatic heterocycles. The van der Waals surface area contributed by atoms with Crippen LogP contribution in [0.2, 0.25) is 0 Å². The van der Waals surface area contributed by atoms with Gasteiger partial charge in [-0.25, -0.2) is 4.79 Å². The predicted octanol–water partition coefficient (Wildman–Crippen LogP) is 3.28. The number of phenolic OH excluding ortho intramolecular Hbond substituents is 2. The molecular weight excluding hydrogens is 296 g/mol. The van der Waals surface area contributed by atoms with Crippen molar-refractivity contribution in [2.24, 2.45) is 0 Å². The summed E-state index contributed by atoms with van der Waals surface area (Å²) in [5, 5.41) is 19.6. The fraction of sp³-hybridized carbons (Fsp3) is 0.444. The number of rotatable bonds is 0. The monoisotopic (exact) mass is 318 g/mol. The fourth-order valence-corrected chi connectivity index (χ4v) is 2.68. The molecule has 0 aliphatic carbocycles. The van der Waals surface area contributed by atoms with Crippen LogP contribution < -0.4 is 0 Å². The third-order valence-electron chi connectivity index (χ3n) is 3.85. The molecule has 0 amide bonds. The molecule has 0 bridgehead atoms. The summed E-state index contributed by atoms with van der Waals surface area (Å²) in [5.74, 6) is -1.42. The molecule has 1 atom stereocenters. The van der Waals surface area contributed by atoms with Crippen molar-refractivity contribution in [1.82, 2.24) is 0 Å². The van der Waals surface area contributed by atoms with Gasteiger partial charge < -0.3 is 14.9 Å². The van der Waals surface area contributed by atoms with Crippen LogP contribution >= 0.6 is 0 Å². The zero-order valence-corrected chi connectivity index (χ0v) is 13.2. The molecule has 0 radical (unpaired) electrons. The number of ketones is 1. The highest BCUT2D eigenvalue weighted by atomic mass is 16.5. The minimum atomic E-state index is -0.668. The maximum atomic E-state index is 12.3. The van der Waals surface area contributed by atoms with Gasteiger partial charge in [-0.2, -0.15) is 0 Å². The van der Waals surface area contributed by atoms with Gasteiger partial charge in [0.25, 0.3) is 0 Å². The summed E-state index contributed by atoms with van der Waals surface area (Å²) in [7, 11) is 0. The molecule has 2 rings (SSSR count). The van der Waals surface area contributed by atoms with Crippen molar-refractivity contribution in [3.63, 3.8) is 0 Å². The van der Waals surface area contributed by atoms with E-state index in [9.17, 15) is 19.8 Å². The molecule has 0 saturated carbocycles. The Labute approximate surface area is 135 Å². The first-order valence-corrected chi connectivity index (χ1v) is 7.92. The molecule has 2 N–H and O–H groups in total. The van der Waals surface area contributed by atoms with E-state index in [-0.39, 0.29) is 40.9 Å². The van der Waals surface area contributed by atoms with Crippen LogP contribution in [0.5, 0.6) is 11.5 Å². The van der Waals surface area contributed by atoms with Gasteiger partial charge in [0, 0.05) is 12.5 Å². The maximum Gasteiger partial charge on any atom is 0.342 e. The van der Waals surface area contributed by atoms with Crippen LogP contribution in [0.1, 0.15) is 54.9 Å². The van der Waals surface area contributed by atoms with E-state index in [4.69, 9.17) is 4.74 Å². The quantitative estimate of drug-likeness (QED) is 0.717. The van der Waals surface area contributed by atoms with Gasteiger partial charge in [-0.1, -0.05) is 12.5 Å². The average Bonchev–Trinajstić information content (AvgIpc) is 2.44. The van der Waals surface area contributed by atoms with E-state index in [1.54, 1.807) is 0 Å². The first-order valence-electron chi connectivity index (χ1n) is 7.92. The largest absolute Gasteiger partial charge is 0.508 e. The second kappa shape index (κ2) is 7.81. The summed E-state index contributed by atoms with van der Waals surface area (Å²) in [5.41, 5.74) is 0.222. The number of aromatic hydroxyl groups is 2. The Morgan fingerprint density at radius 3 is 2.70 bits per heavy atom. The van der Waals surface area contributed by atoms with Gasteiger partial charge in [0.15, 0.2) is 5.78 Å². The minimum Gasteiger partial charge on any atom is -0.508 e. The van der Waals surface area contributed by atoms with Crippen LogP contribution in [0.3, 0.4) is 0 Å². The van der Waals surface area contributed by atoms with Crippen molar-refractivity contribution in [3.05, 3.63) is 35.4 Å². The van der Waals surface area contributed by atoms with Crippen LogP contribution in [0.15, 0.2) is 24.3 Å². The molecule has 0 aromatic heterocycles. The second-order valence-corrected chi connectivity index (χ2v) is 5.90. The number of carbonyl (C=O) groups is 2. The smallest absolute Gasteiger partial charge is 0.342 e. The maximum absolute atomic E-state index is 12.3. The first kappa shape index (κ1) is 17.1. The Kier molecular flexibility index (Phi) is 5.79. The highest BCUT2D eigenvalue weighted by Gasteiger charge is 2.22. The SMILES string of the molecule is C[C@H]1CCCCC/C=C\C(=O)Cc2cc(O)cc(O)c2C(=O)O1. The van der Waals surface area contributed by atoms with Crippen LogP contribution in [-0.4, -0.2) is 28.1 Å². The van der Waals surface area contributed by atoms with Crippen molar-refractivity contribution < 1.29 is 24.5 Å². The molecule has 1 aromatic rings. The third-order valence-corrected chi connectivity index (χ3v) is 3.85. The Bertz CT molecular complexity index is 618. The van der Waals surface area contributed by atoms with Crippen molar-refractivity contribution >= 4 is 11.8 Å². The number of allylic oxidation sites excluding steroid dienone is 2. The van der Waals surface area contributed by atoms with E-state index >= 15 is 0 Å². The summed E-state index contributed by atoms with van der Waals surface area (Å²) >= 11 is 0. The van der Waals surface area contributed by atoms with Gasteiger partial charge in [0.05, 0.1) is 6.10 Å². The number of benzene rings is 1. The molecule has 1 aromatic carbocycles. The Morgan fingerprint density at radius 2 is 1.91 bits per heavy atom. The number of fused-ring (bicyclic) bond motifs is 1. The van der Waals surface area contributed by atoms with E-state index in [2.05, 4.69) is 0 Å². The lowest BCUT2D eigenvalue weighted by molar-refractivity contribution is -0.114. The van der Waals surface area contributed by atoms with Crippen molar-refractivity contribution in [2.75, 3.05) is 0 Å². The Morgan fingerprint density at radius 1 is 1.13 bits per heavy atom. The molecule has 1 aliphatic rings. The number of cyclic esters (lactones) is 1. The zero-order chi connectivity index (χ0) is 16.8. The second-order valence-electron chi connectivity index (χ2n) is 5.90. The lowest BCUT2D eigenvalue weighted by atomic mass is 9.99. The summed E-state index contributed by atoms with van der Waals surface area (Å²) in [6.07, 6.45) is 7.50. The third kappa shape index (κ3) is 4.84. The van der Waals surface area contributed by atoms with Crippen LogP contribution in [0, 0.1) is 0 Å². The summed E-state index contributed by atoms with van der Waals surface area (Å²) in [6, 6.07) is 2.40. The molecule has 1 heterocycles. The van der Waals surface area contributed by atoms with E-state index in [0.717, 1.165) is 38.2 Å². The molecule has 0 unspecified atom stereocenters. The minimum absolute atomic E-state index is 0.0477. The van der Waals surface area contributed by atoms with Crippen LogP contribution in [-0.2, 0) is 16.0 Å². The van der Waals surface area contributed by atoms with Gasteiger partial charge in [-0.15, -0.1) is 0 Å². The fourth-order valence-electron chi connectivity index (χ4n) is 2.68. The van der Waals surface area contributed by atoms with E-state index in [1.807, 2.05) is 13.0 Å². The molecule has 23 heavy (non-hydrogen) atoms. The van der Waals surface area contributed by atoms with E-state index in [0.29, 0.717) is 0 Å². The molecule has 0 fully saturated rings. The van der Waals surface area contributed by atoms with Gasteiger partial charge in [-0.3, -0.25) is 4.79 Å². The number of hydrogen-bond donors (Lipinski definition) is 2. The molecule has 0 saturated heterocycles. The lowest BCUT2D eigenvalue weighted by Gasteiger charge is -2.16. The molecule has 124 valence electrons. The van der Waals surface area contributed by atoms with E-state index < -0.39 is 5.97 Å². The predicted molar refractivity (Wildman–Crippen MR) is 85.6 cm³/mol. The first-order chi connectivity index (χ1) is 11.0. The van der Waals surface area contributed by atoms with Gasteiger partial charge >= 0.3 is 5.97 Å². The number of ether oxygens (including phenoxy) is 1. The highest BCUT2D eigenvalue weighted by Crippen LogP contribution is 2.29. The molecule has 5 nitrogen and oxygen atoms in total.